The van der Waals surface area contributed by atoms with Gasteiger partial charge in [-0.15, -0.1) is 0 Å². The van der Waals surface area contributed by atoms with E-state index in [1.54, 1.807) is 6.92 Å². The van der Waals surface area contributed by atoms with Crippen molar-refractivity contribution in [2.24, 2.45) is 0 Å². The first kappa shape index (κ1) is 14.0. The van der Waals surface area contributed by atoms with E-state index in [1.165, 1.54) is 18.2 Å². The van der Waals surface area contributed by atoms with Gasteiger partial charge < -0.3 is 19.7 Å². The number of aliphatic carboxylic acids is 1. The SMILES string of the molecule is C=C(OC1C=C(C(=O)OCC)C=CC1O)C(=O)O. The summed E-state index contributed by atoms with van der Waals surface area (Å²) in [6.45, 7) is 5.08. The second-order valence-corrected chi connectivity index (χ2v) is 3.50. The lowest BCUT2D eigenvalue weighted by molar-refractivity contribution is -0.138. The molecule has 0 aromatic heterocycles. The Balaban J connectivity index is 2.78. The molecule has 0 bridgehead atoms. The van der Waals surface area contributed by atoms with E-state index in [9.17, 15) is 14.7 Å². The van der Waals surface area contributed by atoms with Gasteiger partial charge >= 0.3 is 11.9 Å². The molecule has 1 rings (SSSR count). The van der Waals surface area contributed by atoms with Crippen LogP contribution in [0.5, 0.6) is 0 Å². The number of hydrogen-bond donors (Lipinski definition) is 2. The van der Waals surface area contributed by atoms with Gasteiger partial charge in [-0.3, -0.25) is 0 Å². The summed E-state index contributed by atoms with van der Waals surface area (Å²) in [4.78, 5) is 22.0. The second kappa shape index (κ2) is 6.02. The van der Waals surface area contributed by atoms with Gasteiger partial charge in [0.2, 0.25) is 0 Å². The molecule has 0 radical (unpaired) electrons. The van der Waals surface area contributed by atoms with Gasteiger partial charge in [0.05, 0.1) is 12.2 Å². The fourth-order valence-electron chi connectivity index (χ4n) is 1.31. The lowest BCUT2D eigenvalue weighted by Crippen LogP contribution is -2.30. The number of carboxylic acid groups (broad SMARTS) is 1. The third-order valence-corrected chi connectivity index (χ3v) is 2.18. The van der Waals surface area contributed by atoms with Crippen LogP contribution in [0.15, 0.2) is 36.1 Å². The second-order valence-electron chi connectivity index (χ2n) is 3.50. The fourth-order valence-corrected chi connectivity index (χ4v) is 1.31. The van der Waals surface area contributed by atoms with Crippen LogP contribution in [0.25, 0.3) is 0 Å². The molecule has 6 heteroatoms. The molecule has 1 aliphatic rings. The van der Waals surface area contributed by atoms with Crippen LogP contribution >= 0.6 is 0 Å². The molecule has 0 heterocycles. The average molecular weight is 254 g/mol. The molecule has 0 fully saturated rings. The predicted octanol–water partition coefficient (Wildman–Crippen LogP) is 0.390. The molecule has 0 aromatic carbocycles. The minimum atomic E-state index is -1.33. The van der Waals surface area contributed by atoms with Crippen LogP contribution in [0.1, 0.15) is 6.92 Å². The quantitative estimate of drug-likeness (QED) is 0.419. The third-order valence-electron chi connectivity index (χ3n) is 2.18. The topological polar surface area (TPSA) is 93.1 Å². The summed E-state index contributed by atoms with van der Waals surface area (Å²) in [6, 6.07) is 0. The van der Waals surface area contributed by atoms with Crippen molar-refractivity contribution in [3.05, 3.63) is 36.1 Å². The number of hydrogen-bond acceptors (Lipinski definition) is 5. The minimum Gasteiger partial charge on any atom is -0.476 e. The van der Waals surface area contributed by atoms with E-state index in [0.29, 0.717) is 0 Å². The van der Waals surface area contributed by atoms with Crippen molar-refractivity contribution >= 4 is 11.9 Å². The van der Waals surface area contributed by atoms with Crippen molar-refractivity contribution in [1.82, 2.24) is 0 Å². The maximum atomic E-state index is 11.5. The molecule has 0 amide bonds. The Morgan fingerprint density at radius 3 is 2.72 bits per heavy atom. The number of carbonyl (C=O) groups excluding carboxylic acids is 1. The van der Waals surface area contributed by atoms with Crippen molar-refractivity contribution in [3.63, 3.8) is 0 Å². The van der Waals surface area contributed by atoms with Crippen molar-refractivity contribution < 1.29 is 29.3 Å². The van der Waals surface area contributed by atoms with Crippen LogP contribution in [-0.2, 0) is 19.1 Å². The highest BCUT2D eigenvalue weighted by Gasteiger charge is 2.25. The smallest absolute Gasteiger partial charge is 0.370 e. The van der Waals surface area contributed by atoms with Gasteiger partial charge in [0.15, 0.2) is 5.76 Å². The molecule has 1 aliphatic carbocycles. The molecule has 2 N–H and O–H groups in total. The molecule has 18 heavy (non-hydrogen) atoms. The van der Waals surface area contributed by atoms with Crippen LogP contribution < -0.4 is 0 Å². The molecule has 98 valence electrons. The monoisotopic (exact) mass is 254 g/mol. The molecule has 0 spiro atoms. The third kappa shape index (κ3) is 3.46. The van der Waals surface area contributed by atoms with E-state index in [-0.39, 0.29) is 12.2 Å². The van der Waals surface area contributed by atoms with Crippen molar-refractivity contribution in [2.75, 3.05) is 6.61 Å². The lowest BCUT2D eigenvalue weighted by atomic mass is 10.0. The average Bonchev–Trinajstić information content (AvgIpc) is 2.31. The number of carbonyl (C=O) groups is 2. The van der Waals surface area contributed by atoms with Crippen LogP contribution in [0, 0.1) is 0 Å². The van der Waals surface area contributed by atoms with Crippen molar-refractivity contribution in [1.29, 1.82) is 0 Å². The summed E-state index contributed by atoms with van der Waals surface area (Å²) in [5.74, 6) is -2.40. The summed E-state index contributed by atoms with van der Waals surface area (Å²) in [5.41, 5.74) is 0.199. The number of aliphatic hydroxyl groups excluding tert-OH is 1. The molecule has 6 nitrogen and oxygen atoms in total. The van der Waals surface area contributed by atoms with Crippen LogP contribution in [0.2, 0.25) is 0 Å². The first-order valence-corrected chi connectivity index (χ1v) is 5.29. The Kier molecular flexibility index (Phi) is 4.67. The Bertz CT molecular complexity index is 420. The van der Waals surface area contributed by atoms with Crippen LogP contribution in [0.3, 0.4) is 0 Å². The highest BCUT2D eigenvalue weighted by molar-refractivity contribution is 5.92. The fraction of sp³-hybridized carbons (Fsp3) is 0.333. The zero-order valence-electron chi connectivity index (χ0n) is 9.83. The van der Waals surface area contributed by atoms with Gasteiger partial charge in [-0.1, -0.05) is 6.08 Å². The largest absolute Gasteiger partial charge is 0.476 e. The van der Waals surface area contributed by atoms with Gasteiger partial charge in [-0.2, -0.15) is 0 Å². The number of aliphatic hydroxyl groups is 1. The Hall–Kier alpha value is -2.08. The molecule has 2 atom stereocenters. The zero-order chi connectivity index (χ0) is 13.7. The van der Waals surface area contributed by atoms with Crippen molar-refractivity contribution in [2.45, 2.75) is 19.1 Å². The van der Waals surface area contributed by atoms with Crippen molar-refractivity contribution in [3.8, 4) is 0 Å². The molecular weight excluding hydrogens is 240 g/mol. The predicted molar refractivity (Wildman–Crippen MR) is 61.5 cm³/mol. The summed E-state index contributed by atoms with van der Waals surface area (Å²) in [7, 11) is 0. The van der Waals surface area contributed by atoms with E-state index < -0.39 is 29.9 Å². The standard InChI is InChI=1S/C12H14O6/c1-3-17-12(16)8-4-5-9(13)10(6-8)18-7(2)11(14)15/h4-6,9-10,13H,2-3H2,1H3,(H,14,15). The first-order valence-electron chi connectivity index (χ1n) is 5.29. The van der Waals surface area contributed by atoms with E-state index in [0.717, 1.165) is 0 Å². The van der Waals surface area contributed by atoms with Crippen LogP contribution in [-0.4, -0.2) is 41.0 Å². The van der Waals surface area contributed by atoms with Crippen LogP contribution in [0.4, 0.5) is 0 Å². The lowest BCUT2D eigenvalue weighted by Gasteiger charge is -2.22. The van der Waals surface area contributed by atoms with Gasteiger partial charge in [-0.25, -0.2) is 9.59 Å². The van der Waals surface area contributed by atoms with E-state index >= 15 is 0 Å². The zero-order valence-corrected chi connectivity index (χ0v) is 9.83. The molecule has 2 unspecified atom stereocenters. The normalized spacial score (nSPS) is 22.0. The van der Waals surface area contributed by atoms with Gasteiger partial charge in [-0.05, 0) is 25.7 Å². The summed E-state index contributed by atoms with van der Waals surface area (Å²) in [5, 5.41) is 18.2. The Morgan fingerprint density at radius 1 is 1.50 bits per heavy atom. The number of carboxylic acids is 1. The number of esters is 1. The van der Waals surface area contributed by atoms with E-state index in [4.69, 9.17) is 14.6 Å². The van der Waals surface area contributed by atoms with E-state index in [2.05, 4.69) is 6.58 Å². The molecule has 0 aromatic rings. The minimum absolute atomic E-state index is 0.199. The number of rotatable bonds is 5. The molecule has 0 aliphatic heterocycles. The first-order chi connectivity index (χ1) is 8.45. The summed E-state index contributed by atoms with van der Waals surface area (Å²) < 4.78 is 9.73. The van der Waals surface area contributed by atoms with Gasteiger partial charge in [0, 0.05) is 0 Å². The maximum Gasteiger partial charge on any atom is 0.370 e. The molecule has 0 saturated carbocycles. The maximum absolute atomic E-state index is 11.5. The molecule has 0 saturated heterocycles. The number of ether oxygens (including phenoxy) is 2. The molecular formula is C12H14O6. The van der Waals surface area contributed by atoms with E-state index in [1.807, 2.05) is 0 Å². The summed E-state index contributed by atoms with van der Waals surface area (Å²) in [6.07, 6.45) is 2.01. The Morgan fingerprint density at radius 2 is 2.17 bits per heavy atom. The highest BCUT2D eigenvalue weighted by atomic mass is 16.5. The Labute approximate surface area is 104 Å². The highest BCUT2D eigenvalue weighted by Crippen LogP contribution is 2.17. The van der Waals surface area contributed by atoms with Gasteiger partial charge in [0.25, 0.3) is 0 Å². The van der Waals surface area contributed by atoms with Gasteiger partial charge in [0.1, 0.15) is 12.2 Å². The summed E-state index contributed by atoms with van der Waals surface area (Å²) >= 11 is 0.